The van der Waals surface area contributed by atoms with Crippen LogP contribution in [0.1, 0.15) is 25.1 Å². The van der Waals surface area contributed by atoms with E-state index in [0.717, 1.165) is 37.6 Å². The first-order valence-electron chi connectivity index (χ1n) is 10.8. The van der Waals surface area contributed by atoms with Gasteiger partial charge in [-0.2, -0.15) is 10.2 Å². The number of halogens is 1. The summed E-state index contributed by atoms with van der Waals surface area (Å²) in [6.07, 6.45) is 0.666. The van der Waals surface area contributed by atoms with Gasteiger partial charge in [0.05, 0.1) is 39.7 Å². The molecule has 1 saturated heterocycles. The number of nitrogens with one attached hydrogen (secondary N) is 1. The zero-order valence-electron chi connectivity index (χ0n) is 18.2. The second-order valence-corrected chi connectivity index (χ2v) is 10.3. The molecule has 8 nitrogen and oxygen atoms in total. The second-order valence-electron chi connectivity index (χ2n) is 8.38. The summed E-state index contributed by atoms with van der Waals surface area (Å²) >= 11 is 6.07. The first-order valence-corrected chi connectivity index (χ1v) is 12.5. The van der Waals surface area contributed by atoms with Crippen molar-refractivity contribution in [3.63, 3.8) is 0 Å². The molecular weight excluding hydrogens is 448 g/mol. The van der Waals surface area contributed by atoms with Crippen LogP contribution in [0, 0.1) is 17.2 Å². The van der Waals surface area contributed by atoms with Gasteiger partial charge in [0.1, 0.15) is 16.8 Å². The highest BCUT2D eigenvalue weighted by molar-refractivity contribution is 7.85. The number of fused-ring (bicyclic) bond motifs is 1. The summed E-state index contributed by atoms with van der Waals surface area (Å²) < 4.78 is 12.6. The van der Waals surface area contributed by atoms with Crippen LogP contribution in [0.15, 0.2) is 23.1 Å². The zero-order valence-corrected chi connectivity index (χ0v) is 19.8. The van der Waals surface area contributed by atoms with Crippen LogP contribution in [0.3, 0.4) is 0 Å². The van der Waals surface area contributed by atoms with Crippen molar-refractivity contribution in [2.45, 2.75) is 31.2 Å². The standard InChI is InChI=1S/C22H27ClN6O2S/c1-14(2)19(13-30)25-21-20-18(5-10-32(20)31)26-22(27-21)29-8-6-28(7-9-29)16-3-4-17(23)15(11-16)12-24/h3-4,11,14,19,30H,5-10,13H2,1-2H3,(H,25,26,27). The molecule has 2 aliphatic heterocycles. The van der Waals surface area contributed by atoms with Crippen LogP contribution >= 0.6 is 11.6 Å². The lowest BCUT2D eigenvalue weighted by molar-refractivity contribution is 0.249. The summed E-state index contributed by atoms with van der Waals surface area (Å²) in [5.41, 5.74) is 2.27. The lowest BCUT2D eigenvalue weighted by atomic mass is 10.1. The molecule has 3 heterocycles. The molecule has 32 heavy (non-hydrogen) atoms. The number of anilines is 3. The molecule has 0 radical (unpaired) electrons. The molecule has 4 rings (SSSR count). The summed E-state index contributed by atoms with van der Waals surface area (Å²) in [5.74, 6) is 1.95. The number of piperazine rings is 1. The Morgan fingerprint density at radius 2 is 1.97 bits per heavy atom. The number of aryl methyl sites for hydroxylation is 1. The highest BCUT2D eigenvalue weighted by atomic mass is 35.5. The maximum Gasteiger partial charge on any atom is 0.227 e. The van der Waals surface area contributed by atoms with Crippen molar-refractivity contribution in [3.05, 3.63) is 34.5 Å². The molecule has 1 aromatic carbocycles. The van der Waals surface area contributed by atoms with Gasteiger partial charge in [0.2, 0.25) is 5.95 Å². The lowest BCUT2D eigenvalue weighted by Crippen LogP contribution is -2.47. The third-order valence-corrected chi connectivity index (χ3v) is 7.79. The normalized spacial score (nSPS) is 19.1. The van der Waals surface area contributed by atoms with Crippen molar-refractivity contribution in [1.82, 2.24) is 9.97 Å². The number of hydrogen-bond donors (Lipinski definition) is 2. The number of nitriles is 1. The Morgan fingerprint density at radius 1 is 1.25 bits per heavy atom. The Labute approximate surface area is 195 Å². The minimum Gasteiger partial charge on any atom is -0.394 e. The predicted molar refractivity (Wildman–Crippen MR) is 127 cm³/mol. The highest BCUT2D eigenvalue weighted by Crippen LogP contribution is 2.31. The number of nitrogens with zero attached hydrogens (tertiary/aromatic N) is 5. The van der Waals surface area contributed by atoms with Crippen LogP contribution in [-0.4, -0.2) is 63.9 Å². The number of aliphatic hydroxyl groups excluding tert-OH is 1. The third kappa shape index (κ3) is 4.53. The summed E-state index contributed by atoms with van der Waals surface area (Å²) in [6.45, 7) is 6.99. The molecule has 10 heteroatoms. The zero-order chi connectivity index (χ0) is 22.8. The van der Waals surface area contributed by atoms with Gasteiger partial charge in [0, 0.05) is 44.0 Å². The molecule has 170 valence electrons. The summed E-state index contributed by atoms with van der Waals surface area (Å²) in [5, 5.41) is 22.8. The smallest absolute Gasteiger partial charge is 0.227 e. The Hall–Kier alpha value is -2.41. The van der Waals surface area contributed by atoms with Crippen LogP contribution in [0.5, 0.6) is 0 Å². The van der Waals surface area contributed by atoms with Gasteiger partial charge in [-0.15, -0.1) is 0 Å². The van der Waals surface area contributed by atoms with E-state index >= 15 is 0 Å². The molecule has 2 atom stereocenters. The van der Waals surface area contributed by atoms with E-state index in [1.165, 1.54) is 0 Å². The molecular formula is C22H27ClN6O2S. The SMILES string of the molecule is CC(C)C(CO)Nc1nc(N2CCN(c3ccc(Cl)c(C#N)c3)CC2)nc2c1S(=O)CC2. The minimum atomic E-state index is -1.12. The third-order valence-electron chi connectivity index (χ3n) is 6.00. The van der Waals surface area contributed by atoms with E-state index in [1.807, 2.05) is 26.0 Å². The molecule has 2 N–H and O–H groups in total. The highest BCUT2D eigenvalue weighted by Gasteiger charge is 2.29. The summed E-state index contributed by atoms with van der Waals surface area (Å²) in [6, 6.07) is 7.48. The van der Waals surface area contributed by atoms with Crippen molar-refractivity contribution in [3.8, 4) is 6.07 Å². The van der Waals surface area contributed by atoms with Gasteiger partial charge in [0.15, 0.2) is 0 Å². The van der Waals surface area contributed by atoms with Crippen molar-refractivity contribution in [1.29, 1.82) is 5.26 Å². The average molecular weight is 475 g/mol. The number of hydrogen-bond acceptors (Lipinski definition) is 8. The molecule has 2 aromatic rings. The summed E-state index contributed by atoms with van der Waals surface area (Å²) in [4.78, 5) is 14.5. The van der Waals surface area contributed by atoms with E-state index in [4.69, 9.17) is 21.6 Å². The van der Waals surface area contributed by atoms with E-state index in [1.54, 1.807) is 6.07 Å². The Morgan fingerprint density at radius 3 is 2.62 bits per heavy atom. The monoisotopic (exact) mass is 474 g/mol. The van der Waals surface area contributed by atoms with E-state index < -0.39 is 10.8 Å². The average Bonchev–Trinajstić information content (AvgIpc) is 3.18. The number of aliphatic hydroxyl groups is 1. The topological polar surface area (TPSA) is 105 Å². The van der Waals surface area contributed by atoms with E-state index in [-0.39, 0.29) is 18.6 Å². The van der Waals surface area contributed by atoms with Crippen LogP contribution < -0.4 is 15.1 Å². The molecule has 0 saturated carbocycles. The van der Waals surface area contributed by atoms with Gasteiger partial charge >= 0.3 is 0 Å². The number of aromatic nitrogens is 2. The van der Waals surface area contributed by atoms with Gasteiger partial charge in [-0.1, -0.05) is 25.4 Å². The maximum atomic E-state index is 12.6. The van der Waals surface area contributed by atoms with Gasteiger partial charge in [-0.3, -0.25) is 4.21 Å². The van der Waals surface area contributed by atoms with Gasteiger partial charge in [-0.25, -0.2) is 4.98 Å². The fraction of sp³-hybridized carbons (Fsp3) is 0.500. The maximum absolute atomic E-state index is 12.6. The van der Waals surface area contributed by atoms with Crippen molar-refractivity contribution >= 4 is 39.9 Å². The molecule has 1 aromatic heterocycles. The first kappa shape index (κ1) is 22.8. The molecule has 2 unspecified atom stereocenters. The fourth-order valence-corrected chi connectivity index (χ4v) is 5.46. The molecule has 1 fully saturated rings. The molecule has 0 aliphatic carbocycles. The van der Waals surface area contributed by atoms with Crippen molar-refractivity contribution in [2.24, 2.45) is 5.92 Å². The van der Waals surface area contributed by atoms with Crippen LogP contribution in [0.25, 0.3) is 0 Å². The van der Waals surface area contributed by atoms with Crippen molar-refractivity contribution in [2.75, 3.05) is 53.7 Å². The van der Waals surface area contributed by atoms with E-state index in [0.29, 0.717) is 39.4 Å². The molecule has 2 aliphatic rings. The summed E-state index contributed by atoms with van der Waals surface area (Å²) in [7, 11) is -1.12. The Kier molecular flexibility index (Phi) is 6.84. The van der Waals surface area contributed by atoms with E-state index in [2.05, 4.69) is 21.2 Å². The van der Waals surface area contributed by atoms with Gasteiger partial charge < -0.3 is 20.2 Å². The van der Waals surface area contributed by atoms with Gasteiger partial charge in [0.25, 0.3) is 0 Å². The van der Waals surface area contributed by atoms with Crippen LogP contribution in [0.4, 0.5) is 17.5 Å². The van der Waals surface area contributed by atoms with Crippen LogP contribution in [0.2, 0.25) is 5.02 Å². The number of benzene rings is 1. The van der Waals surface area contributed by atoms with Gasteiger partial charge in [-0.05, 0) is 24.1 Å². The lowest BCUT2D eigenvalue weighted by Gasteiger charge is -2.36. The Bertz CT molecular complexity index is 1070. The Balaban J connectivity index is 1.54. The van der Waals surface area contributed by atoms with Crippen LogP contribution in [-0.2, 0) is 17.2 Å². The molecule has 0 spiro atoms. The largest absolute Gasteiger partial charge is 0.394 e. The second kappa shape index (κ2) is 9.61. The van der Waals surface area contributed by atoms with Crippen molar-refractivity contribution < 1.29 is 9.32 Å². The molecule has 0 amide bonds. The van der Waals surface area contributed by atoms with E-state index in [9.17, 15) is 14.6 Å². The number of rotatable bonds is 6. The predicted octanol–water partition coefficient (Wildman–Crippen LogP) is 2.42. The fourth-order valence-electron chi connectivity index (χ4n) is 3.98. The quantitative estimate of drug-likeness (QED) is 0.657. The first-order chi connectivity index (χ1) is 15.4. The molecule has 0 bridgehead atoms. The minimum absolute atomic E-state index is 0.0249.